The van der Waals surface area contributed by atoms with Gasteiger partial charge < -0.3 is 0 Å². The number of halogens is 1. The molecule has 0 radical (unpaired) electrons. The topological polar surface area (TPSA) is 17.8 Å². The van der Waals surface area contributed by atoms with E-state index in [9.17, 15) is 0 Å². The van der Waals surface area contributed by atoms with Crippen LogP contribution in [0.2, 0.25) is 0 Å². The first-order valence-electron chi connectivity index (χ1n) is 6.19. The lowest BCUT2D eigenvalue weighted by atomic mass is 10.0. The first-order valence-corrected chi connectivity index (χ1v) is 6.62. The molecule has 1 rings (SSSR count). The van der Waals surface area contributed by atoms with Gasteiger partial charge in [0.15, 0.2) is 0 Å². The molecule has 0 fully saturated rings. The van der Waals surface area contributed by atoms with E-state index in [1.165, 1.54) is 24.1 Å². The molecule has 0 bridgehead atoms. The molecular formula is C13H23ClN2. The van der Waals surface area contributed by atoms with Crippen molar-refractivity contribution < 1.29 is 0 Å². The van der Waals surface area contributed by atoms with Crippen LogP contribution in [0.15, 0.2) is 0 Å². The average Bonchev–Trinajstić information content (AvgIpc) is 2.50. The van der Waals surface area contributed by atoms with Crippen molar-refractivity contribution in [2.24, 2.45) is 5.92 Å². The summed E-state index contributed by atoms with van der Waals surface area (Å²) in [6.07, 6.45) is 2.42. The second-order valence-electron chi connectivity index (χ2n) is 4.57. The molecule has 1 aromatic rings. The maximum Gasteiger partial charge on any atom is 0.0643 e. The van der Waals surface area contributed by atoms with Crippen LogP contribution in [0.3, 0.4) is 0 Å². The normalized spacial score (nSPS) is 13.4. The largest absolute Gasteiger partial charge is 0.269 e. The van der Waals surface area contributed by atoms with Gasteiger partial charge in [-0.15, -0.1) is 11.6 Å². The zero-order valence-electron chi connectivity index (χ0n) is 11.0. The summed E-state index contributed by atoms with van der Waals surface area (Å²) in [6, 6.07) is 0. The number of hydrogen-bond acceptors (Lipinski definition) is 1. The van der Waals surface area contributed by atoms with Crippen LogP contribution in [0.5, 0.6) is 0 Å². The Labute approximate surface area is 104 Å². The Balaban J connectivity index is 2.94. The van der Waals surface area contributed by atoms with Crippen LogP contribution in [-0.2, 0) is 6.54 Å². The number of rotatable bonds is 5. The molecule has 0 aliphatic carbocycles. The minimum absolute atomic E-state index is 0.0513. The molecule has 0 spiro atoms. The molecule has 1 unspecified atom stereocenters. The van der Waals surface area contributed by atoms with Gasteiger partial charge >= 0.3 is 0 Å². The van der Waals surface area contributed by atoms with Crippen LogP contribution in [0, 0.1) is 19.8 Å². The first kappa shape index (κ1) is 13.6. The monoisotopic (exact) mass is 242 g/mol. The fraction of sp³-hybridized carbons (Fsp3) is 0.769. The van der Waals surface area contributed by atoms with Crippen molar-refractivity contribution in [3.63, 3.8) is 0 Å². The molecular weight excluding hydrogens is 220 g/mol. The predicted octanol–water partition coefficient (Wildman–Crippen LogP) is 4.24. The van der Waals surface area contributed by atoms with Gasteiger partial charge in [-0.05, 0) is 26.7 Å². The molecule has 92 valence electrons. The van der Waals surface area contributed by atoms with Crippen molar-refractivity contribution in [2.45, 2.75) is 59.4 Å². The summed E-state index contributed by atoms with van der Waals surface area (Å²) in [6.45, 7) is 11.7. The molecule has 3 heteroatoms. The highest BCUT2D eigenvalue weighted by Crippen LogP contribution is 2.27. The second-order valence-corrected chi connectivity index (χ2v) is 5.22. The van der Waals surface area contributed by atoms with Gasteiger partial charge in [0, 0.05) is 17.8 Å². The van der Waals surface area contributed by atoms with Crippen LogP contribution in [-0.4, -0.2) is 9.78 Å². The van der Waals surface area contributed by atoms with Gasteiger partial charge in [-0.25, -0.2) is 0 Å². The third-order valence-corrected chi connectivity index (χ3v) is 3.64. The van der Waals surface area contributed by atoms with Crippen LogP contribution in [0.25, 0.3) is 0 Å². The Bertz CT molecular complexity index is 338. The van der Waals surface area contributed by atoms with E-state index in [-0.39, 0.29) is 5.38 Å². The third-order valence-electron chi connectivity index (χ3n) is 3.42. The standard InChI is InChI=1S/C13H23ClN2/c1-6-12(7-2)8-16-11(5)13(9(3)14)10(4)15-16/h9,12H,6-8H2,1-5H3. The molecule has 0 N–H and O–H groups in total. The van der Waals surface area contributed by atoms with E-state index >= 15 is 0 Å². The van der Waals surface area contributed by atoms with E-state index in [2.05, 4.69) is 30.6 Å². The van der Waals surface area contributed by atoms with E-state index in [1.807, 2.05) is 13.8 Å². The van der Waals surface area contributed by atoms with E-state index in [4.69, 9.17) is 11.6 Å². The lowest BCUT2D eigenvalue weighted by Crippen LogP contribution is -2.12. The van der Waals surface area contributed by atoms with Crippen molar-refractivity contribution in [3.05, 3.63) is 17.0 Å². The van der Waals surface area contributed by atoms with Crippen LogP contribution >= 0.6 is 11.6 Å². The maximum atomic E-state index is 6.18. The molecule has 1 aromatic heterocycles. The highest BCUT2D eigenvalue weighted by molar-refractivity contribution is 6.20. The van der Waals surface area contributed by atoms with Crippen LogP contribution < -0.4 is 0 Å². The highest BCUT2D eigenvalue weighted by Gasteiger charge is 2.17. The van der Waals surface area contributed by atoms with Gasteiger partial charge in [0.1, 0.15) is 0 Å². The fourth-order valence-electron chi connectivity index (χ4n) is 2.26. The smallest absolute Gasteiger partial charge is 0.0643 e. The van der Waals surface area contributed by atoms with Crippen molar-refractivity contribution in [3.8, 4) is 0 Å². The lowest BCUT2D eigenvalue weighted by Gasteiger charge is -2.14. The predicted molar refractivity (Wildman–Crippen MR) is 70.0 cm³/mol. The summed E-state index contributed by atoms with van der Waals surface area (Å²) >= 11 is 6.18. The average molecular weight is 243 g/mol. The Morgan fingerprint density at radius 2 is 1.81 bits per heavy atom. The van der Waals surface area contributed by atoms with Gasteiger partial charge in [0.2, 0.25) is 0 Å². The van der Waals surface area contributed by atoms with Gasteiger partial charge in [0.25, 0.3) is 0 Å². The molecule has 0 saturated carbocycles. The summed E-state index contributed by atoms with van der Waals surface area (Å²) in [5, 5.41) is 4.65. The van der Waals surface area contributed by atoms with Crippen molar-refractivity contribution in [1.82, 2.24) is 9.78 Å². The fourth-order valence-corrected chi connectivity index (χ4v) is 2.57. The first-order chi connectivity index (χ1) is 7.51. The van der Waals surface area contributed by atoms with E-state index in [0.29, 0.717) is 0 Å². The number of hydrogen-bond donors (Lipinski definition) is 0. The highest BCUT2D eigenvalue weighted by atomic mass is 35.5. The lowest BCUT2D eigenvalue weighted by molar-refractivity contribution is 0.390. The quantitative estimate of drug-likeness (QED) is 0.707. The Hall–Kier alpha value is -0.500. The summed E-state index contributed by atoms with van der Waals surface area (Å²) in [4.78, 5) is 0. The number of nitrogens with zero attached hydrogens (tertiary/aromatic N) is 2. The van der Waals surface area contributed by atoms with Crippen molar-refractivity contribution >= 4 is 11.6 Å². The van der Waals surface area contributed by atoms with E-state index in [0.717, 1.165) is 18.2 Å². The molecule has 0 saturated heterocycles. The van der Waals surface area contributed by atoms with Crippen molar-refractivity contribution in [1.29, 1.82) is 0 Å². The molecule has 2 nitrogen and oxygen atoms in total. The van der Waals surface area contributed by atoms with Gasteiger partial charge in [-0.2, -0.15) is 5.10 Å². The molecule has 0 aliphatic rings. The second kappa shape index (κ2) is 5.72. The zero-order chi connectivity index (χ0) is 12.3. The minimum atomic E-state index is 0.0513. The van der Waals surface area contributed by atoms with Crippen LogP contribution in [0.4, 0.5) is 0 Å². The zero-order valence-corrected chi connectivity index (χ0v) is 11.8. The number of alkyl halides is 1. The van der Waals surface area contributed by atoms with Gasteiger partial charge in [-0.3, -0.25) is 4.68 Å². The van der Waals surface area contributed by atoms with Crippen LogP contribution in [0.1, 0.15) is 55.9 Å². The molecule has 1 atom stereocenters. The molecule has 0 aliphatic heterocycles. The van der Waals surface area contributed by atoms with E-state index < -0.39 is 0 Å². The Morgan fingerprint density at radius 3 is 2.19 bits per heavy atom. The summed E-state index contributed by atoms with van der Waals surface area (Å²) in [5.41, 5.74) is 3.51. The molecule has 16 heavy (non-hydrogen) atoms. The molecule has 0 aromatic carbocycles. The Kier molecular flexibility index (Phi) is 4.85. The Morgan fingerprint density at radius 1 is 1.25 bits per heavy atom. The van der Waals surface area contributed by atoms with Gasteiger partial charge in [-0.1, -0.05) is 26.7 Å². The van der Waals surface area contributed by atoms with Crippen molar-refractivity contribution in [2.75, 3.05) is 0 Å². The maximum absolute atomic E-state index is 6.18. The SMILES string of the molecule is CCC(CC)Cn1nc(C)c(C(C)Cl)c1C. The minimum Gasteiger partial charge on any atom is -0.269 e. The summed E-state index contributed by atoms with van der Waals surface area (Å²) < 4.78 is 2.13. The third kappa shape index (κ3) is 2.79. The molecule has 1 heterocycles. The van der Waals surface area contributed by atoms with E-state index in [1.54, 1.807) is 0 Å². The summed E-state index contributed by atoms with van der Waals surface area (Å²) in [5.74, 6) is 0.719. The summed E-state index contributed by atoms with van der Waals surface area (Å²) in [7, 11) is 0. The van der Waals surface area contributed by atoms with Gasteiger partial charge in [0.05, 0.1) is 11.1 Å². The number of aromatic nitrogens is 2. The molecule has 0 amide bonds. The number of aryl methyl sites for hydroxylation is 1.